The molecule has 2 aromatic carbocycles. The van der Waals surface area contributed by atoms with Gasteiger partial charge in [0.2, 0.25) is 15.9 Å². The molecule has 28 heavy (non-hydrogen) atoms. The third kappa shape index (κ3) is 3.89. The monoisotopic (exact) mass is 414 g/mol. The van der Waals surface area contributed by atoms with Gasteiger partial charge in [0.05, 0.1) is 33.3 Å². The average molecular weight is 415 g/mol. The summed E-state index contributed by atoms with van der Waals surface area (Å²) in [5, 5.41) is 11.9. The van der Waals surface area contributed by atoms with Crippen molar-refractivity contribution in [3.63, 3.8) is 0 Å². The van der Waals surface area contributed by atoms with Crippen molar-refractivity contribution < 1.29 is 13.2 Å². The summed E-state index contributed by atoms with van der Waals surface area (Å²) in [4.78, 5) is 16.8. The summed E-state index contributed by atoms with van der Waals surface area (Å²) in [6, 6.07) is 11.5. The molecule has 1 aromatic heterocycles. The molecule has 0 saturated heterocycles. The van der Waals surface area contributed by atoms with Crippen LogP contribution in [0.15, 0.2) is 41.3 Å². The van der Waals surface area contributed by atoms with Crippen LogP contribution in [0, 0.1) is 25.2 Å². The molecule has 0 aliphatic carbocycles. The topological polar surface area (TPSA) is 103 Å². The van der Waals surface area contributed by atoms with E-state index in [4.69, 9.17) is 5.26 Å². The van der Waals surface area contributed by atoms with Gasteiger partial charge in [-0.1, -0.05) is 23.5 Å². The molecule has 0 fully saturated rings. The van der Waals surface area contributed by atoms with Crippen LogP contribution in [-0.2, 0) is 14.8 Å². The molecule has 0 bridgehead atoms. The highest BCUT2D eigenvalue weighted by atomic mass is 32.2. The predicted molar refractivity (Wildman–Crippen MR) is 109 cm³/mol. The van der Waals surface area contributed by atoms with E-state index >= 15 is 0 Å². The first-order chi connectivity index (χ1) is 13.2. The van der Waals surface area contributed by atoms with E-state index in [9.17, 15) is 13.2 Å². The van der Waals surface area contributed by atoms with Gasteiger partial charge in [-0.05, 0) is 49.2 Å². The van der Waals surface area contributed by atoms with Gasteiger partial charge in [0.1, 0.15) is 0 Å². The number of hydrogen-bond acceptors (Lipinski definition) is 6. The van der Waals surface area contributed by atoms with Gasteiger partial charge in [0.15, 0.2) is 5.13 Å². The van der Waals surface area contributed by atoms with Crippen LogP contribution in [0.2, 0.25) is 0 Å². The van der Waals surface area contributed by atoms with E-state index in [-0.39, 0.29) is 11.4 Å². The Kier molecular flexibility index (Phi) is 5.47. The maximum Gasteiger partial charge on any atom is 0.243 e. The van der Waals surface area contributed by atoms with Crippen LogP contribution in [0.25, 0.3) is 10.2 Å². The number of hydrogen-bond donors (Lipinski definition) is 1. The highest BCUT2D eigenvalue weighted by Gasteiger charge is 2.23. The molecule has 0 aliphatic rings. The lowest BCUT2D eigenvalue weighted by atomic mass is 10.1. The summed E-state index contributed by atoms with van der Waals surface area (Å²) < 4.78 is 27.2. The van der Waals surface area contributed by atoms with E-state index in [1.165, 1.54) is 42.6 Å². The van der Waals surface area contributed by atoms with Crippen molar-refractivity contribution >= 4 is 42.6 Å². The number of benzene rings is 2. The van der Waals surface area contributed by atoms with Crippen molar-refractivity contribution in [1.29, 1.82) is 5.26 Å². The lowest BCUT2D eigenvalue weighted by Crippen LogP contribution is -2.34. The number of rotatable bonds is 5. The summed E-state index contributed by atoms with van der Waals surface area (Å²) in [5.41, 5.74) is 3.27. The van der Waals surface area contributed by atoms with E-state index in [1.807, 2.05) is 32.0 Å². The molecule has 7 nitrogen and oxygen atoms in total. The smallest absolute Gasteiger partial charge is 0.243 e. The first-order valence-electron chi connectivity index (χ1n) is 8.35. The van der Waals surface area contributed by atoms with Gasteiger partial charge in [-0.3, -0.25) is 4.79 Å². The summed E-state index contributed by atoms with van der Waals surface area (Å²) in [5.74, 6) is -0.478. The van der Waals surface area contributed by atoms with E-state index < -0.39 is 15.9 Å². The Balaban J connectivity index is 1.74. The second-order valence-corrected chi connectivity index (χ2v) is 9.39. The first kappa shape index (κ1) is 19.9. The number of thiazole rings is 1. The Labute approximate surface area is 167 Å². The van der Waals surface area contributed by atoms with Crippen LogP contribution in [0.1, 0.15) is 16.7 Å². The van der Waals surface area contributed by atoms with Crippen molar-refractivity contribution in [2.75, 3.05) is 18.9 Å². The Morgan fingerprint density at radius 2 is 1.82 bits per heavy atom. The third-order valence-corrected chi connectivity index (χ3v) is 7.17. The normalized spacial score (nSPS) is 11.5. The van der Waals surface area contributed by atoms with Gasteiger partial charge in [-0.15, -0.1) is 0 Å². The number of nitriles is 1. The molecular formula is C19H18N4O3S2. The largest absolute Gasteiger partial charge is 0.301 e. The van der Waals surface area contributed by atoms with E-state index in [0.717, 1.165) is 25.6 Å². The molecule has 9 heteroatoms. The molecule has 1 amide bonds. The fourth-order valence-electron chi connectivity index (χ4n) is 2.64. The van der Waals surface area contributed by atoms with Crippen LogP contribution < -0.4 is 5.32 Å². The van der Waals surface area contributed by atoms with E-state index in [0.29, 0.717) is 10.7 Å². The minimum atomic E-state index is -3.84. The van der Waals surface area contributed by atoms with Gasteiger partial charge < -0.3 is 5.32 Å². The molecule has 1 N–H and O–H groups in total. The Morgan fingerprint density at radius 3 is 2.43 bits per heavy atom. The molecular weight excluding hydrogens is 396 g/mol. The minimum Gasteiger partial charge on any atom is -0.301 e. The fourth-order valence-corrected chi connectivity index (χ4v) is 4.79. The number of likely N-dealkylation sites (N-methyl/N-ethyl adjacent to an activating group) is 1. The summed E-state index contributed by atoms with van der Waals surface area (Å²) in [6.07, 6.45) is 0. The second-order valence-electron chi connectivity index (χ2n) is 6.34. The highest BCUT2D eigenvalue weighted by molar-refractivity contribution is 7.89. The molecule has 3 aromatic rings. The summed E-state index contributed by atoms with van der Waals surface area (Å²) in [7, 11) is -2.51. The van der Waals surface area contributed by atoms with Gasteiger partial charge >= 0.3 is 0 Å². The van der Waals surface area contributed by atoms with Crippen LogP contribution in [-0.4, -0.2) is 37.2 Å². The molecule has 0 saturated carbocycles. The van der Waals surface area contributed by atoms with Crippen molar-refractivity contribution in [2.24, 2.45) is 0 Å². The fraction of sp³-hybridized carbons (Fsp3) is 0.211. The number of nitrogens with one attached hydrogen (secondary N) is 1. The second kappa shape index (κ2) is 7.67. The van der Waals surface area contributed by atoms with Gasteiger partial charge in [-0.25, -0.2) is 13.4 Å². The zero-order valence-electron chi connectivity index (χ0n) is 15.6. The summed E-state index contributed by atoms with van der Waals surface area (Å²) in [6.45, 7) is 3.57. The summed E-state index contributed by atoms with van der Waals surface area (Å²) >= 11 is 1.36. The van der Waals surface area contributed by atoms with Crippen LogP contribution in [0.4, 0.5) is 5.13 Å². The lowest BCUT2D eigenvalue weighted by Gasteiger charge is -2.16. The molecule has 0 aliphatic heterocycles. The number of amides is 1. The number of aromatic nitrogens is 1. The minimum absolute atomic E-state index is 0.0213. The Bertz CT molecular complexity index is 1150. The van der Waals surface area contributed by atoms with Gasteiger partial charge in [0, 0.05) is 7.05 Å². The zero-order valence-corrected chi connectivity index (χ0v) is 17.2. The first-order valence-corrected chi connectivity index (χ1v) is 10.6. The zero-order chi connectivity index (χ0) is 20.5. The van der Waals surface area contributed by atoms with Crippen molar-refractivity contribution in [3.05, 3.63) is 53.1 Å². The highest BCUT2D eigenvalue weighted by Crippen LogP contribution is 2.30. The standard InChI is InChI=1S/C19H18N4O3S2/c1-12-4-5-13(2)18-17(12)22-19(27-18)21-16(24)11-23(3)28(25,26)15-8-6-14(10-20)7-9-15/h4-9H,11H2,1-3H3,(H,21,22,24). The van der Waals surface area contributed by atoms with Crippen LogP contribution >= 0.6 is 11.3 Å². The molecule has 0 unspecified atom stereocenters. The molecule has 0 atom stereocenters. The number of carbonyl (C=O) groups is 1. The van der Waals surface area contributed by atoms with Crippen molar-refractivity contribution in [3.8, 4) is 6.07 Å². The molecule has 1 heterocycles. The number of sulfonamides is 1. The maximum atomic E-state index is 12.6. The van der Waals surface area contributed by atoms with Crippen molar-refractivity contribution in [2.45, 2.75) is 18.7 Å². The Morgan fingerprint density at radius 1 is 1.18 bits per heavy atom. The number of nitrogens with zero attached hydrogens (tertiary/aromatic N) is 3. The number of fused-ring (bicyclic) bond motifs is 1. The van der Waals surface area contributed by atoms with Crippen molar-refractivity contribution in [1.82, 2.24) is 9.29 Å². The third-order valence-electron chi connectivity index (χ3n) is 4.25. The van der Waals surface area contributed by atoms with E-state index in [2.05, 4.69) is 10.3 Å². The quantitative estimate of drug-likeness (QED) is 0.691. The van der Waals surface area contributed by atoms with E-state index in [1.54, 1.807) is 0 Å². The predicted octanol–water partition coefficient (Wildman–Crippen LogP) is 3.04. The van der Waals surface area contributed by atoms with Gasteiger partial charge in [-0.2, -0.15) is 9.57 Å². The Hall–Kier alpha value is -2.80. The number of carbonyl (C=O) groups excluding carboxylic acids is 1. The molecule has 0 spiro atoms. The van der Waals surface area contributed by atoms with Crippen LogP contribution in [0.5, 0.6) is 0 Å². The van der Waals surface area contributed by atoms with Crippen LogP contribution in [0.3, 0.4) is 0 Å². The molecule has 0 radical (unpaired) electrons. The number of anilines is 1. The lowest BCUT2D eigenvalue weighted by molar-refractivity contribution is -0.116. The molecule has 3 rings (SSSR count). The molecule has 144 valence electrons. The number of aryl methyl sites for hydroxylation is 2. The van der Waals surface area contributed by atoms with Gasteiger partial charge in [0.25, 0.3) is 0 Å². The SMILES string of the molecule is Cc1ccc(C)c2sc(NC(=O)CN(C)S(=O)(=O)c3ccc(C#N)cc3)nc12. The average Bonchev–Trinajstić information content (AvgIpc) is 3.09. The maximum absolute atomic E-state index is 12.6.